The van der Waals surface area contributed by atoms with Crippen LogP contribution in [-0.4, -0.2) is 17.0 Å². The third-order valence-electron chi connectivity index (χ3n) is 3.50. The molecule has 17 heavy (non-hydrogen) atoms. The molecule has 1 fully saturated rings. The van der Waals surface area contributed by atoms with Gasteiger partial charge < -0.3 is 5.11 Å². The third kappa shape index (κ3) is 2.64. The molecule has 0 bridgehead atoms. The molecule has 0 heterocycles. The van der Waals surface area contributed by atoms with Crippen LogP contribution in [0, 0.1) is 5.92 Å². The van der Waals surface area contributed by atoms with E-state index in [0.717, 1.165) is 31.3 Å². The first-order valence-electron chi connectivity index (χ1n) is 6.15. The van der Waals surface area contributed by atoms with E-state index in [1.54, 1.807) is 12.1 Å². The summed E-state index contributed by atoms with van der Waals surface area (Å²) in [7, 11) is 0. The van der Waals surface area contributed by atoms with E-state index in [9.17, 15) is 9.90 Å². The molecule has 1 aliphatic rings. The Kier molecular flexibility index (Phi) is 3.75. The van der Waals surface area contributed by atoms with Gasteiger partial charge in [0, 0.05) is 11.5 Å². The first-order valence-corrected chi connectivity index (χ1v) is 6.15. The van der Waals surface area contributed by atoms with E-state index in [1.165, 1.54) is 0 Å². The molecule has 0 radical (unpaired) electrons. The minimum atomic E-state index is -0.926. The van der Waals surface area contributed by atoms with Gasteiger partial charge in [0.05, 0.1) is 0 Å². The zero-order valence-electron chi connectivity index (χ0n) is 9.93. The third-order valence-corrected chi connectivity index (χ3v) is 3.50. The highest BCUT2D eigenvalue weighted by Gasteiger charge is 2.30. The summed E-state index contributed by atoms with van der Waals surface area (Å²) in [5.74, 6) is -0.241. The summed E-state index contributed by atoms with van der Waals surface area (Å²) in [6.07, 6.45) is 3.08. The van der Waals surface area contributed by atoms with E-state index in [0.29, 0.717) is 5.56 Å². The number of hydrogen-bond donors (Lipinski definition) is 1. The first-order chi connectivity index (χ1) is 8.20. The fourth-order valence-electron chi connectivity index (χ4n) is 2.44. The predicted octanol–water partition coefficient (Wildman–Crippen LogP) is 2.98. The second-order valence-electron chi connectivity index (χ2n) is 4.69. The highest BCUT2D eigenvalue weighted by atomic mass is 16.3. The smallest absolute Gasteiger partial charge is 0.191 e. The Morgan fingerprint density at radius 1 is 1.29 bits per heavy atom. The monoisotopic (exact) mass is 230 g/mol. The standard InChI is InChI=1S/C15H18O2/c1-11-7-5-6-10-13(11)15(17)14(16)12-8-3-2-4-9-12/h2-4,8-9,13,15,17H,1,5-7,10H2/t13?,15-/m0/s1. The summed E-state index contributed by atoms with van der Waals surface area (Å²) in [6.45, 7) is 3.98. The highest BCUT2D eigenvalue weighted by Crippen LogP contribution is 2.31. The quantitative estimate of drug-likeness (QED) is 0.640. The van der Waals surface area contributed by atoms with E-state index in [-0.39, 0.29) is 11.7 Å². The molecule has 1 aromatic carbocycles. The van der Waals surface area contributed by atoms with Crippen molar-refractivity contribution in [2.75, 3.05) is 0 Å². The van der Waals surface area contributed by atoms with Gasteiger partial charge in [0.2, 0.25) is 0 Å². The van der Waals surface area contributed by atoms with Crippen LogP contribution in [0.1, 0.15) is 36.0 Å². The number of hydrogen-bond acceptors (Lipinski definition) is 2. The molecule has 1 unspecified atom stereocenters. The molecule has 1 aliphatic carbocycles. The lowest BCUT2D eigenvalue weighted by Crippen LogP contribution is -2.32. The van der Waals surface area contributed by atoms with Crippen LogP contribution in [0.25, 0.3) is 0 Å². The normalized spacial score (nSPS) is 22.2. The zero-order valence-corrected chi connectivity index (χ0v) is 9.93. The molecule has 0 saturated heterocycles. The first kappa shape index (κ1) is 12.1. The van der Waals surface area contributed by atoms with E-state index in [4.69, 9.17) is 0 Å². The van der Waals surface area contributed by atoms with Gasteiger partial charge in [0.15, 0.2) is 5.78 Å². The Morgan fingerprint density at radius 2 is 2.00 bits per heavy atom. The van der Waals surface area contributed by atoms with Crippen molar-refractivity contribution in [3.63, 3.8) is 0 Å². The Balaban J connectivity index is 2.12. The number of rotatable bonds is 3. The summed E-state index contributed by atoms with van der Waals surface area (Å²) in [5.41, 5.74) is 1.60. The molecular formula is C15H18O2. The van der Waals surface area contributed by atoms with Crippen molar-refractivity contribution in [1.82, 2.24) is 0 Å². The van der Waals surface area contributed by atoms with Crippen LogP contribution in [0.3, 0.4) is 0 Å². The maximum absolute atomic E-state index is 12.1. The van der Waals surface area contributed by atoms with Crippen LogP contribution in [0.2, 0.25) is 0 Å². The van der Waals surface area contributed by atoms with E-state index in [1.807, 2.05) is 18.2 Å². The van der Waals surface area contributed by atoms with Crippen LogP contribution in [0.5, 0.6) is 0 Å². The molecule has 2 rings (SSSR count). The van der Waals surface area contributed by atoms with Crippen LogP contribution < -0.4 is 0 Å². The average molecular weight is 230 g/mol. The van der Waals surface area contributed by atoms with Crippen molar-refractivity contribution in [2.24, 2.45) is 5.92 Å². The minimum absolute atomic E-state index is 0.0588. The Labute approximate surface area is 102 Å². The summed E-state index contributed by atoms with van der Waals surface area (Å²) in [6, 6.07) is 8.99. The van der Waals surface area contributed by atoms with Crippen molar-refractivity contribution in [3.05, 3.63) is 48.0 Å². The second kappa shape index (κ2) is 5.28. The van der Waals surface area contributed by atoms with Crippen molar-refractivity contribution in [1.29, 1.82) is 0 Å². The van der Waals surface area contributed by atoms with Crippen molar-refractivity contribution in [2.45, 2.75) is 31.8 Å². The lowest BCUT2D eigenvalue weighted by molar-refractivity contribution is 0.0615. The largest absolute Gasteiger partial charge is 0.384 e. The Bertz CT molecular complexity index is 408. The fourth-order valence-corrected chi connectivity index (χ4v) is 2.44. The van der Waals surface area contributed by atoms with Gasteiger partial charge in [0.25, 0.3) is 0 Å². The summed E-state index contributed by atoms with van der Waals surface area (Å²) >= 11 is 0. The molecule has 1 N–H and O–H groups in total. The summed E-state index contributed by atoms with van der Waals surface area (Å²) in [4.78, 5) is 12.1. The van der Waals surface area contributed by atoms with Gasteiger partial charge in [-0.15, -0.1) is 0 Å². The fraction of sp³-hybridized carbons (Fsp3) is 0.400. The van der Waals surface area contributed by atoms with Crippen molar-refractivity contribution >= 4 is 5.78 Å². The second-order valence-corrected chi connectivity index (χ2v) is 4.69. The molecule has 2 heteroatoms. The van der Waals surface area contributed by atoms with Gasteiger partial charge in [-0.1, -0.05) is 48.9 Å². The summed E-state index contributed by atoms with van der Waals surface area (Å²) < 4.78 is 0. The van der Waals surface area contributed by atoms with Crippen molar-refractivity contribution in [3.8, 4) is 0 Å². The minimum Gasteiger partial charge on any atom is -0.384 e. The molecule has 0 spiro atoms. The van der Waals surface area contributed by atoms with E-state index >= 15 is 0 Å². The van der Waals surface area contributed by atoms with Crippen molar-refractivity contribution < 1.29 is 9.90 Å². The molecular weight excluding hydrogens is 212 g/mol. The van der Waals surface area contributed by atoms with E-state index in [2.05, 4.69) is 6.58 Å². The number of aliphatic hydroxyl groups is 1. The number of ketones is 1. The van der Waals surface area contributed by atoms with Crippen LogP contribution in [0.15, 0.2) is 42.5 Å². The average Bonchev–Trinajstić information content (AvgIpc) is 2.39. The Morgan fingerprint density at radius 3 is 2.65 bits per heavy atom. The topological polar surface area (TPSA) is 37.3 Å². The van der Waals surface area contributed by atoms with Crippen LogP contribution in [0.4, 0.5) is 0 Å². The van der Waals surface area contributed by atoms with Gasteiger partial charge >= 0.3 is 0 Å². The summed E-state index contributed by atoms with van der Waals surface area (Å²) in [5, 5.41) is 10.2. The molecule has 2 atom stereocenters. The lowest BCUT2D eigenvalue weighted by Gasteiger charge is -2.28. The van der Waals surface area contributed by atoms with Crippen LogP contribution in [-0.2, 0) is 0 Å². The van der Waals surface area contributed by atoms with Crippen LogP contribution >= 0.6 is 0 Å². The number of benzene rings is 1. The number of carbonyl (C=O) groups excluding carboxylic acids is 1. The lowest BCUT2D eigenvalue weighted by atomic mass is 9.79. The number of Topliss-reactive ketones (excluding diaryl/α,β-unsaturated/α-hetero) is 1. The number of carbonyl (C=O) groups is 1. The van der Waals surface area contributed by atoms with Gasteiger partial charge in [0.1, 0.15) is 6.10 Å². The van der Waals surface area contributed by atoms with E-state index < -0.39 is 6.10 Å². The SMILES string of the molecule is C=C1CCCCC1[C@H](O)C(=O)c1ccccc1. The van der Waals surface area contributed by atoms with Gasteiger partial charge in [-0.2, -0.15) is 0 Å². The molecule has 0 aliphatic heterocycles. The maximum atomic E-state index is 12.1. The molecule has 1 aromatic rings. The number of aliphatic hydroxyl groups excluding tert-OH is 1. The molecule has 2 nitrogen and oxygen atoms in total. The molecule has 0 aromatic heterocycles. The van der Waals surface area contributed by atoms with Gasteiger partial charge in [-0.25, -0.2) is 0 Å². The van der Waals surface area contributed by atoms with Gasteiger partial charge in [-0.05, 0) is 19.3 Å². The highest BCUT2D eigenvalue weighted by molar-refractivity contribution is 5.99. The molecule has 90 valence electrons. The maximum Gasteiger partial charge on any atom is 0.191 e. The molecule has 1 saturated carbocycles. The van der Waals surface area contributed by atoms with Gasteiger partial charge in [-0.3, -0.25) is 4.79 Å². The zero-order chi connectivity index (χ0) is 12.3. The predicted molar refractivity (Wildman–Crippen MR) is 67.9 cm³/mol. The molecule has 0 amide bonds. The Hall–Kier alpha value is -1.41.